The van der Waals surface area contributed by atoms with Gasteiger partial charge < -0.3 is 10.2 Å². The van der Waals surface area contributed by atoms with E-state index < -0.39 is 0 Å². The van der Waals surface area contributed by atoms with E-state index in [0.717, 1.165) is 37.2 Å². The molecule has 1 unspecified atom stereocenters. The van der Waals surface area contributed by atoms with Crippen molar-refractivity contribution in [2.75, 3.05) is 24.7 Å². The van der Waals surface area contributed by atoms with Crippen LogP contribution in [0.25, 0.3) is 0 Å². The fourth-order valence-electron chi connectivity index (χ4n) is 2.97. The molecular formula is C18H25N7O. The smallest absolute Gasteiger partial charge is 0.323 e. The van der Waals surface area contributed by atoms with Gasteiger partial charge in [0.15, 0.2) is 0 Å². The minimum atomic E-state index is -0.187. The van der Waals surface area contributed by atoms with Crippen LogP contribution in [0.5, 0.6) is 0 Å². The number of anilines is 2. The van der Waals surface area contributed by atoms with Gasteiger partial charge in [-0.3, -0.25) is 5.32 Å². The first kappa shape index (κ1) is 17.9. The first-order chi connectivity index (χ1) is 12.7. The Balaban J connectivity index is 1.57. The topological polar surface area (TPSA) is 88.0 Å². The first-order valence-electron chi connectivity index (χ1n) is 8.83. The van der Waals surface area contributed by atoms with Crippen molar-refractivity contribution >= 4 is 17.8 Å². The van der Waals surface area contributed by atoms with Crippen molar-refractivity contribution in [3.05, 3.63) is 42.4 Å². The van der Waals surface area contributed by atoms with Crippen LogP contribution in [0.1, 0.15) is 24.8 Å². The van der Waals surface area contributed by atoms with Gasteiger partial charge in [0.1, 0.15) is 5.82 Å². The van der Waals surface area contributed by atoms with Gasteiger partial charge in [-0.1, -0.05) is 12.2 Å². The summed E-state index contributed by atoms with van der Waals surface area (Å²) in [6, 6.07) is 1.64. The molecule has 2 amide bonds. The largest absolute Gasteiger partial charge is 0.357 e. The van der Waals surface area contributed by atoms with E-state index in [2.05, 4.69) is 37.9 Å². The number of carbonyl (C=O) groups excluding carboxylic acids is 1. The second-order valence-corrected chi connectivity index (χ2v) is 6.50. The molecule has 26 heavy (non-hydrogen) atoms. The van der Waals surface area contributed by atoms with Gasteiger partial charge in [-0.25, -0.2) is 19.4 Å². The molecule has 2 aromatic heterocycles. The zero-order valence-electron chi connectivity index (χ0n) is 15.2. The molecule has 1 aliphatic rings. The molecule has 0 saturated carbocycles. The van der Waals surface area contributed by atoms with Crippen LogP contribution in [0.3, 0.4) is 0 Å². The molecule has 138 valence electrons. The van der Waals surface area contributed by atoms with Crippen LogP contribution in [0.4, 0.5) is 16.6 Å². The Morgan fingerprint density at radius 1 is 1.35 bits per heavy atom. The maximum Gasteiger partial charge on any atom is 0.323 e. The molecular weight excluding hydrogens is 330 g/mol. The maximum atomic E-state index is 12.5. The fourth-order valence-corrected chi connectivity index (χ4v) is 2.97. The standard InChI is InChI=1S/C18H25N7O/c1-19-17-20-10-15(11-21-17)12-24(2)18(26)23-16-8-9-22-25(16)13-14-6-4-3-5-7-14/h3-4,8-11,14H,5-7,12-13H2,1-2H3,(H,23,26)(H,19,20,21). The Labute approximate surface area is 153 Å². The predicted molar refractivity (Wildman–Crippen MR) is 101 cm³/mol. The van der Waals surface area contributed by atoms with Crippen LogP contribution < -0.4 is 10.6 Å². The van der Waals surface area contributed by atoms with Crippen molar-refractivity contribution in [1.29, 1.82) is 0 Å². The average molecular weight is 355 g/mol. The summed E-state index contributed by atoms with van der Waals surface area (Å²) in [5.41, 5.74) is 0.865. The highest BCUT2D eigenvalue weighted by atomic mass is 16.2. The van der Waals surface area contributed by atoms with E-state index in [0.29, 0.717) is 18.4 Å². The second-order valence-electron chi connectivity index (χ2n) is 6.50. The summed E-state index contributed by atoms with van der Waals surface area (Å²) < 4.78 is 1.88. The Hall–Kier alpha value is -2.90. The quantitative estimate of drug-likeness (QED) is 0.778. The Morgan fingerprint density at radius 2 is 2.15 bits per heavy atom. The van der Waals surface area contributed by atoms with Crippen LogP contribution in [-0.2, 0) is 13.1 Å². The Kier molecular flexibility index (Phi) is 5.83. The molecule has 0 spiro atoms. The van der Waals surface area contributed by atoms with Crippen molar-refractivity contribution in [2.24, 2.45) is 5.92 Å². The van der Waals surface area contributed by atoms with Gasteiger partial charge in [0, 0.05) is 44.7 Å². The lowest BCUT2D eigenvalue weighted by Crippen LogP contribution is -2.32. The van der Waals surface area contributed by atoms with Gasteiger partial charge in [-0.2, -0.15) is 5.10 Å². The Morgan fingerprint density at radius 3 is 2.85 bits per heavy atom. The number of nitrogens with zero attached hydrogens (tertiary/aromatic N) is 5. The number of amides is 2. The highest BCUT2D eigenvalue weighted by molar-refractivity contribution is 5.88. The van der Waals surface area contributed by atoms with E-state index in [9.17, 15) is 4.79 Å². The zero-order chi connectivity index (χ0) is 18.4. The predicted octanol–water partition coefficient (Wildman–Crippen LogP) is 2.74. The summed E-state index contributed by atoms with van der Waals surface area (Å²) >= 11 is 0. The number of aromatic nitrogens is 4. The number of allylic oxidation sites excluding steroid dienone is 2. The lowest BCUT2D eigenvalue weighted by atomic mass is 9.94. The molecule has 0 fully saturated rings. The van der Waals surface area contributed by atoms with E-state index in [1.165, 1.54) is 0 Å². The Bertz CT molecular complexity index is 753. The lowest BCUT2D eigenvalue weighted by Gasteiger charge is -2.21. The summed E-state index contributed by atoms with van der Waals surface area (Å²) in [6.07, 6.45) is 12.9. The molecule has 0 saturated heterocycles. The van der Waals surface area contributed by atoms with Gasteiger partial charge in [-0.05, 0) is 25.2 Å². The SMILES string of the molecule is CNc1ncc(CN(C)C(=O)Nc2ccnn2CC2CC=CCC2)cn1. The molecule has 1 aliphatic carbocycles. The summed E-state index contributed by atoms with van der Waals surface area (Å²) in [5.74, 6) is 1.84. The van der Waals surface area contributed by atoms with Gasteiger partial charge in [0.25, 0.3) is 0 Å². The van der Waals surface area contributed by atoms with Gasteiger partial charge in [0.2, 0.25) is 5.95 Å². The third-order valence-corrected chi connectivity index (χ3v) is 4.46. The van der Waals surface area contributed by atoms with Crippen LogP contribution in [-0.4, -0.2) is 44.8 Å². The van der Waals surface area contributed by atoms with Crippen LogP contribution in [0, 0.1) is 5.92 Å². The summed E-state index contributed by atoms with van der Waals surface area (Å²) in [6.45, 7) is 1.24. The van der Waals surface area contributed by atoms with Crippen molar-refractivity contribution < 1.29 is 4.79 Å². The molecule has 0 aliphatic heterocycles. The third-order valence-electron chi connectivity index (χ3n) is 4.46. The number of hydrogen-bond donors (Lipinski definition) is 2. The van der Waals surface area contributed by atoms with E-state index in [4.69, 9.17) is 0 Å². The minimum Gasteiger partial charge on any atom is -0.357 e. The molecule has 1 atom stereocenters. The molecule has 2 N–H and O–H groups in total. The molecule has 2 aromatic rings. The number of carbonyl (C=O) groups is 1. The van der Waals surface area contributed by atoms with Crippen molar-refractivity contribution in [3.8, 4) is 0 Å². The fraction of sp³-hybridized carbons (Fsp3) is 0.444. The van der Waals surface area contributed by atoms with E-state index in [-0.39, 0.29) is 6.03 Å². The summed E-state index contributed by atoms with van der Waals surface area (Å²) in [5, 5.41) is 10.2. The highest BCUT2D eigenvalue weighted by Crippen LogP contribution is 2.21. The van der Waals surface area contributed by atoms with Crippen molar-refractivity contribution in [2.45, 2.75) is 32.4 Å². The molecule has 0 radical (unpaired) electrons. The molecule has 2 heterocycles. The van der Waals surface area contributed by atoms with Gasteiger partial charge in [0.05, 0.1) is 12.7 Å². The summed E-state index contributed by atoms with van der Waals surface area (Å²) in [7, 11) is 3.51. The summed E-state index contributed by atoms with van der Waals surface area (Å²) in [4.78, 5) is 22.4. The molecule has 3 rings (SSSR count). The van der Waals surface area contributed by atoms with Crippen molar-refractivity contribution in [1.82, 2.24) is 24.6 Å². The lowest BCUT2D eigenvalue weighted by molar-refractivity contribution is 0.220. The molecule has 8 nitrogen and oxygen atoms in total. The number of nitrogens with one attached hydrogen (secondary N) is 2. The van der Waals surface area contributed by atoms with E-state index in [1.807, 2.05) is 10.7 Å². The van der Waals surface area contributed by atoms with Gasteiger partial charge >= 0.3 is 6.03 Å². The molecule has 0 aromatic carbocycles. The molecule has 0 bridgehead atoms. The van der Waals surface area contributed by atoms with Crippen molar-refractivity contribution in [3.63, 3.8) is 0 Å². The average Bonchev–Trinajstić information content (AvgIpc) is 3.09. The second kappa shape index (κ2) is 8.46. The minimum absolute atomic E-state index is 0.187. The monoisotopic (exact) mass is 355 g/mol. The van der Waals surface area contributed by atoms with E-state index >= 15 is 0 Å². The first-order valence-corrected chi connectivity index (χ1v) is 8.83. The number of rotatable bonds is 6. The zero-order valence-corrected chi connectivity index (χ0v) is 15.2. The maximum absolute atomic E-state index is 12.5. The number of hydrogen-bond acceptors (Lipinski definition) is 5. The van der Waals surface area contributed by atoms with Crippen LogP contribution in [0.15, 0.2) is 36.8 Å². The highest BCUT2D eigenvalue weighted by Gasteiger charge is 2.16. The normalized spacial score (nSPS) is 16.3. The van der Waals surface area contributed by atoms with E-state index in [1.54, 1.807) is 37.6 Å². The van der Waals surface area contributed by atoms with Crippen LogP contribution in [0.2, 0.25) is 0 Å². The third kappa shape index (κ3) is 4.59. The molecule has 8 heteroatoms. The number of urea groups is 1. The van der Waals surface area contributed by atoms with Gasteiger partial charge in [-0.15, -0.1) is 0 Å². The van der Waals surface area contributed by atoms with Crippen LogP contribution >= 0.6 is 0 Å².